The lowest BCUT2D eigenvalue weighted by Gasteiger charge is -2.04. The molecule has 0 amide bonds. The molecular weight excluding hydrogens is 270 g/mol. The molecule has 0 aliphatic rings. The van der Waals surface area contributed by atoms with Crippen LogP contribution < -0.4 is 0 Å². The summed E-state index contributed by atoms with van der Waals surface area (Å²) in [6.07, 6.45) is 1.87. The number of carbonyl (C=O) groups excluding carboxylic acids is 1. The fraction of sp³-hybridized carbons (Fsp3) is 0.333. The third-order valence-corrected chi connectivity index (χ3v) is 3.46. The van der Waals surface area contributed by atoms with Crippen molar-refractivity contribution >= 4 is 11.6 Å². The van der Waals surface area contributed by atoms with Crippen molar-refractivity contribution in [3.63, 3.8) is 0 Å². The lowest BCUT2D eigenvalue weighted by Crippen LogP contribution is -2.15. The van der Waals surface area contributed by atoms with E-state index in [2.05, 4.69) is 12.0 Å². The highest BCUT2D eigenvalue weighted by Crippen LogP contribution is 2.18. The van der Waals surface area contributed by atoms with Crippen LogP contribution in [0.4, 0.5) is 5.69 Å². The van der Waals surface area contributed by atoms with Crippen LogP contribution >= 0.6 is 0 Å². The van der Waals surface area contributed by atoms with Gasteiger partial charge in [0.25, 0.3) is 11.6 Å². The number of rotatable bonds is 4. The van der Waals surface area contributed by atoms with Gasteiger partial charge >= 0.3 is 0 Å². The summed E-state index contributed by atoms with van der Waals surface area (Å²) >= 11 is 0. The summed E-state index contributed by atoms with van der Waals surface area (Å²) in [5, 5.41) is 14.9. The monoisotopic (exact) mass is 287 g/mol. The van der Waals surface area contributed by atoms with Crippen molar-refractivity contribution in [2.75, 3.05) is 0 Å². The Labute approximate surface area is 122 Å². The number of nitrogens with zero attached hydrogens (tertiary/aromatic N) is 3. The standard InChI is InChI=1S/C15H17N3O3/c1-4-5-14-10(2)16-17(11(14)3)15(19)12-6-8-13(9-7-12)18(20)21/h6-9H,4-5H2,1-3H3. The molecule has 1 heterocycles. The Morgan fingerprint density at radius 3 is 2.43 bits per heavy atom. The second kappa shape index (κ2) is 5.87. The molecule has 21 heavy (non-hydrogen) atoms. The van der Waals surface area contributed by atoms with Crippen molar-refractivity contribution in [3.8, 4) is 0 Å². The van der Waals surface area contributed by atoms with Gasteiger partial charge in [-0.25, -0.2) is 4.68 Å². The first-order chi connectivity index (χ1) is 9.95. The number of aryl methyl sites for hydroxylation is 1. The SMILES string of the molecule is CCCc1c(C)nn(C(=O)c2ccc([N+](=O)[O-])cc2)c1C. The molecule has 0 radical (unpaired) electrons. The van der Waals surface area contributed by atoms with Crippen LogP contribution in [0.3, 0.4) is 0 Å². The third kappa shape index (κ3) is 2.84. The zero-order valence-corrected chi connectivity index (χ0v) is 12.3. The highest BCUT2D eigenvalue weighted by molar-refractivity contribution is 5.96. The Morgan fingerprint density at radius 2 is 1.90 bits per heavy atom. The molecule has 0 aliphatic carbocycles. The molecule has 0 bridgehead atoms. The molecule has 0 spiro atoms. The largest absolute Gasteiger partial charge is 0.278 e. The van der Waals surface area contributed by atoms with Gasteiger partial charge in [-0.3, -0.25) is 14.9 Å². The molecule has 6 heteroatoms. The fourth-order valence-electron chi connectivity index (χ4n) is 2.33. The molecule has 0 saturated heterocycles. The molecule has 1 aromatic heterocycles. The lowest BCUT2D eigenvalue weighted by molar-refractivity contribution is -0.384. The molecule has 0 atom stereocenters. The van der Waals surface area contributed by atoms with E-state index in [9.17, 15) is 14.9 Å². The van der Waals surface area contributed by atoms with E-state index in [0.717, 1.165) is 29.8 Å². The smallest absolute Gasteiger partial charge is 0.267 e. The Kier molecular flexibility index (Phi) is 4.16. The summed E-state index contributed by atoms with van der Waals surface area (Å²) in [7, 11) is 0. The van der Waals surface area contributed by atoms with Crippen LogP contribution in [0.2, 0.25) is 0 Å². The van der Waals surface area contributed by atoms with E-state index in [-0.39, 0.29) is 11.6 Å². The average Bonchev–Trinajstić information content (AvgIpc) is 2.75. The molecule has 0 aliphatic heterocycles. The van der Waals surface area contributed by atoms with Crippen molar-refractivity contribution in [2.24, 2.45) is 0 Å². The maximum absolute atomic E-state index is 12.4. The topological polar surface area (TPSA) is 78.0 Å². The molecular formula is C15H17N3O3. The van der Waals surface area contributed by atoms with E-state index < -0.39 is 4.92 Å². The van der Waals surface area contributed by atoms with Gasteiger partial charge in [0, 0.05) is 23.4 Å². The summed E-state index contributed by atoms with van der Waals surface area (Å²) in [6, 6.07) is 5.56. The predicted octanol–water partition coefficient (Wildman–Crippen LogP) is 3.05. The maximum Gasteiger partial charge on any atom is 0.278 e. The lowest BCUT2D eigenvalue weighted by atomic mass is 10.1. The highest BCUT2D eigenvalue weighted by Gasteiger charge is 2.18. The summed E-state index contributed by atoms with van der Waals surface area (Å²) in [4.78, 5) is 22.6. The van der Waals surface area contributed by atoms with Gasteiger partial charge in [-0.1, -0.05) is 13.3 Å². The summed E-state index contributed by atoms with van der Waals surface area (Å²) in [6.45, 7) is 5.83. The van der Waals surface area contributed by atoms with E-state index in [4.69, 9.17) is 0 Å². The quantitative estimate of drug-likeness (QED) is 0.639. The molecule has 0 saturated carbocycles. The average molecular weight is 287 g/mol. The summed E-state index contributed by atoms with van der Waals surface area (Å²) < 4.78 is 1.38. The number of hydrogen-bond acceptors (Lipinski definition) is 4. The zero-order valence-electron chi connectivity index (χ0n) is 12.3. The number of hydrogen-bond donors (Lipinski definition) is 0. The molecule has 0 N–H and O–H groups in total. The molecule has 0 fully saturated rings. The summed E-state index contributed by atoms with van der Waals surface area (Å²) in [5.41, 5.74) is 3.12. The van der Waals surface area contributed by atoms with Crippen LogP contribution in [0, 0.1) is 24.0 Å². The third-order valence-electron chi connectivity index (χ3n) is 3.46. The number of aromatic nitrogens is 2. The van der Waals surface area contributed by atoms with Crippen molar-refractivity contribution in [2.45, 2.75) is 33.6 Å². The first-order valence-electron chi connectivity index (χ1n) is 6.80. The second-order valence-corrected chi connectivity index (χ2v) is 4.92. The number of nitro benzene ring substituents is 1. The Balaban J connectivity index is 2.36. The Hall–Kier alpha value is -2.50. The zero-order chi connectivity index (χ0) is 15.6. The van der Waals surface area contributed by atoms with Gasteiger partial charge in [0.2, 0.25) is 0 Å². The second-order valence-electron chi connectivity index (χ2n) is 4.92. The van der Waals surface area contributed by atoms with Crippen LogP contribution in [0.25, 0.3) is 0 Å². The van der Waals surface area contributed by atoms with Crippen molar-refractivity contribution < 1.29 is 9.72 Å². The molecule has 1 aromatic carbocycles. The minimum absolute atomic E-state index is 0.0356. The minimum atomic E-state index is -0.489. The van der Waals surface area contributed by atoms with Gasteiger partial charge in [0.05, 0.1) is 10.6 Å². The number of benzene rings is 1. The fourth-order valence-corrected chi connectivity index (χ4v) is 2.33. The van der Waals surface area contributed by atoms with E-state index >= 15 is 0 Å². The van der Waals surface area contributed by atoms with Crippen molar-refractivity contribution in [1.82, 2.24) is 9.78 Å². The maximum atomic E-state index is 12.4. The Bertz CT molecular complexity index is 687. The van der Waals surface area contributed by atoms with Crippen LogP contribution in [0.15, 0.2) is 24.3 Å². The van der Waals surface area contributed by atoms with Crippen LogP contribution in [-0.2, 0) is 6.42 Å². The molecule has 2 aromatic rings. The van der Waals surface area contributed by atoms with Gasteiger partial charge in [-0.2, -0.15) is 5.10 Å². The Morgan fingerprint density at radius 1 is 1.29 bits per heavy atom. The molecule has 0 unspecified atom stereocenters. The van der Waals surface area contributed by atoms with E-state index in [0.29, 0.717) is 5.56 Å². The van der Waals surface area contributed by atoms with Crippen LogP contribution in [0.1, 0.15) is 40.7 Å². The van der Waals surface area contributed by atoms with Gasteiger partial charge in [-0.05, 0) is 38.0 Å². The van der Waals surface area contributed by atoms with E-state index in [1.165, 1.54) is 28.9 Å². The predicted molar refractivity (Wildman–Crippen MR) is 78.5 cm³/mol. The minimum Gasteiger partial charge on any atom is -0.267 e. The van der Waals surface area contributed by atoms with Crippen LogP contribution in [0.5, 0.6) is 0 Å². The number of carbonyl (C=O) groups is 1. The van der Waals surface area contributed by atoms with Crippen LogP contribution in [-0.4, -0.2) is 20.6 Å². The van der Waals surface area contributed by atoms with Gasteiger partial charge < -0.3 is 0 Å². The molecule has 2 rings (SSSR count). The van der Waals surface area contributed by atoms with Gasteiger partial charge in [0.15, 0.2) is 0 Å². The highest BCUT2D eigenvalue weighted by atomic mass is 16.6. The molecule has 110 valence electrons. The van der Waals surface area contributed by atoms with E-state index in [1.807, 2.05) is 13.8 Å². The first-order valence-corrected chi connectivity index (χ1v) is 6.80. The summed E-state index contributed by atoms with van der Waals surface area (Å²) in [5.74, 6) is -0.271. The molecule has 6 nitrogen and oxygen atoms in total. The van der Waals surface area contributed by atoms with Crippen molar-refractivity contribution in [3.05, 3.63) is 56.9 Å². The van der Waals surface area contributed by atoms with E-state index in [1.54, 1.807) is 0 Å². The number of nitro groups is 1. The van der Waals surface area contributed by atoms with Crippen molar-refractivity contribution in [1.29, 1.82) is 0 Å². The first kappa shape index (κ1) is 14.9. The normalized spacial score (nSPS) is 10.6. The van der Waals surface area contributed by atoms with Gasteiger partial charge in [-0.15, -0.1) is 0 Å². The van der Waals surface area contributed by atoms with Gasteiger partial charge in [0.1, 0.15) is 0 Å². The number of non-ortho nitro benzene ring substituents is 1.